The summed E-state index contributed by atoms with van der Waals surface area (Å²) in [5.41, 5.74) is 6.45. The Morgan fingerprint density at radius 1 is 1.12 bits per heavy atom. The topological polar surface area (TPSA) is 137 Å². The summed E-state index contributed by atoms with van der Waals surface area (Å²) in [5.74, 6) is 1.60. The van der Waals surface area contributed by atoms with Crippen LogP contribution in [0.15, 0.2) is 34.9 Å². The predicted octanol–water partition coefficient (Wildman–Crippen LogP) is 2.19. The van der Waals surface area contributed by atoms with Crippen LogP contribution in [-0.2, 0) is 11.2 Å². The fraction of sp³-hybridized carbons (Fsp3) is 0.462. The van der Waals surface area contributed by atoms with Crippen LogP contribution in [0.3, 0.4) is 0 Å². The molecule has 2 N–H and O–H groups in total. The highest BCUT2D eigenvalue weighted by atomic mass is 32.2. The molecule has 0 saturated carbocycles. The summed E-state index contributed by atoms with van der Waals surface area (Å²) in [6.07, 6.45) is 2.53. The molecule has 2 fully saturated rings. The second-order valence-electron chi connectivity index (χ2n) is 10.2. The molecular formula is C26H31F2N9O3S. The van der Waals surface area contributed by atoms with E-state index in [1.54, 1.807) is 18.4 Å². The highest BCUT2D eigenvalue weighted by Gasteiger charge is 2.26. The maximum Gasteiger partial charge on any atom is 0.259 e. The molecule has 1 aromatic carbocycles. The van der Waals surface area contributed by atoms with Crippen molar-refractivity contribution >= 4 is 34.5 Å². The molecule has 15 heteroatoms. The van der Waals surface area contributed by atoms with Crippen molar-refractivity contribution in [2.24, 2.45) is 0 Å². The van der Waals surface area contributed by atoms with Gasteiger partial charge in [0.25, 0.3) is 5.78 Å². The van der Waals surface area contributed by atoms with Crippen molar-refractivity contribution < 1.29 is 22.5 Å². The van der Waals surface area contributed by atoms with Gasteiger partial charge in [0.2, 0.25) is 17.7 Å². The zero-order chi connectivity index (χ0) is 28.5. The van der Waals surface area contributed by atoms with Crippen LogP contribution in [-0.4, -0.2) is 97.9 Å². The number of benzene rings is 1. The maximum absolute atomic E-state index is 14.8. The second kappa shape index (κ2) is 11.7. The number of rotatable bonds is 8. The van der Waals surface area contributed by atoms with Crippen molar-refractivity contribution in [2.45, 2.75) is 18.9 Å². The molecule has 2 aliphatic heterocycles. The van der Waals surface area contributed by atoms with Crippen LogP contribution in [0.4, 0.5) is 26.4 Å². The van der Waals surface area contributed by atoms with Gasteiger partial charge in [-0.25, -0.2) is 8.78 Å². The number of aromatic nitrogens is 5. The summed E-state index contributed by atoms with van der Waals surface area (Å²) >= 11 is -0.839. The number of furan rings is 1. The number of fused-ring (bicyclic) bond motifs is 1. The zero-order valence-electron chi connectivity index (χ0n) is 22.6. The van der Waals surface area contributed by atoms with E-state index >= 15 is 0 Å². The van der Waals surface area contributed by atoms with Gasteiger partial charge in [0.15, 0.2) is 17.3 Å². The van der Waals surface area contributed by atoms with Crippen LogP contribution >= 0.6 is 0 Å². The third-order valence-corrected chi connectivity index (χ3v) is 8.78. The van der Waals surface area contributed by atoms with Crippen molar-refractivity contribution in [1.29, 1.82) is 0 Å². The lowest BCUT2D eigenvalue weighted by atomic mass is 10.2. The van der Waals surface area contributed by atoms with Gasteiger partial charge in [-0.2, -0.15) is 19.5 Å². The molecule has 0 amide bonds. The minimum absolute atomic E-state index is 0.0448. The van der Waals surface area contributed by atoms with E-state index in [4.69, 9.17) is 14.9 Å². The average Bonchev–Trinajstić information content (AvgIpc) is 3.65. The molecule has 2 aliphatic rings. The first-order valence-corrected chi connectivity index (χ1v) is 15.0. The van der Waals surface area contributed by atoms with Crippen molar-refractivity contribution in [1.82, 2.24) is 29.5 Å². The molecule has 0 bridgehead atoms. The number of hydrogen-bond donors (Lipinski definition) is 1. The minimum Gasteiger partial charge on any atom is -0.616 e. The number of piperazine rings is 1. The van der Waals surface area contributed by atoms with E-state index in [9.17, 15) is 13.3 Å². The predicted molar refractivity (Wildman–Crippen MR) is 150 cm³/mol. The third kappa shape index (κ3) is 6.01. The molecule has 0 aliphatic carbocycles. The Bertz CT molecular complexity index is 1490. The fourth-order valence-electron chi connectivity index (χ4n) is 5.00. The van der Waals surface area contributed by atoms with Gasteiger partial charge in [-0.05, 0) is 12.1 Å². The van der Waals surface area contributed by atoms with Crippen LogP contribution in [0.1, 0.15) is 12.8 Å². The lowest BCUT2D eigenvalue weighted by Crippen LogP contribution is -2.48. The SMILES string of the molecule is CN(CCN1CCN(c2cc(OC3CC[S+]([O-])CC3)c(F)cc2F)CC1)c1nc(N)n2nc(-c3ccco3)nc2n1. The van der Waals surface area contributed by atoms with Crippen LogP contribution < -0.4 is 20.3 Å². The Hall–Kier alpha value is -3.69. The molecule has 218 valence electrons. The Kier molecular flexibility index (Phi) is 7.81. The van der Waals surface area contributed by atoms with Gasteiger partial charge in [0.1, 0.15) is 23.4 Å². The van der Waals surface area contributed by atoms with Gasteiger partial charge >= 0.3 is 0 Å². The maximum atomic E-state index is 14.8. The van der Waals surface area contributed by atoms with E-state index in [2.05, 4.69) is 25.0 Å². The number of hydrogen-bond acceptors (Lipinski definition) is 11. The number of anilines is 3. The summed E-state index contributed by atoms with van der Waals surface area (Å²) in [7, 11) is 1.88. The number of ether oxygens (including phenoxy) is 1. The number of nitrogens with two attached hydrogens (primary N) is 1. The molecule has 5 heterocycles. The quantitative estimate of drug-likeness (QED) is 0.304. The molecule has 6 rings (SSSR count). The summed E-state index contributed by atoms with van der Waals surface area (Å²) < 4.78 is 53.5. The fourth-order valence-corrected chi connectivity index (χ4v) is 6.26. The van der Waals surface area contributed by atoms with Crippen LogP contribution in [0, 0.1) is 11.6 Å². The summed E-state index contributed by atoms with van der Waals surface area (Å²) in [4.78, 5) is 19.4. The van der Waals surface area contributed by atoms with Gasteiger partial charge in [-0.3, -0.25) is 4.90 Å². The molecule has 0 atom stereocenters. The van der Waals surface area contributed by atoms with Gasteiger partial charge in [0.05, 0.1) is 12.0 Å². The second-order valence-corrected chi connectivity index (χ2v) is 11.9. The van der Waals surface area contributed by atoms with Crippen molar-refractivity contribution in [3.8, 4) is 17.3 Å². The van der Waals surface area contributed by atoms with E-state index < -0.39 is 22.8 Å². The van der Waals surface area contributed by atoms with Crippen LogP contribution in [0.25, 0.3) is 17.4 Å². The van der Waals surface area contributed by atoms with E-state index in [0.717, 1.165) is 12.6 Å². The molecule has 0 radical (unpaired) electrons. The summed E-state index contributed by atoms with van der Waals surface area (Å²) in [6, 6.07) is 5.85. The smallest absolute Gasteiger partial charge is 0.259 e. The Morgan fingerprint density at radius 2 is 1.90 bits per heavy atom. The Labute approximate surface area is 238 Å². The van der Waals surface area contributed by atoms with Gasteiger partial charge in [-0.1, -0.05) is 11.2 Å². The highest BCUT2D eigenvalue weighted by Crippen LogP contribution is 2.31. The molecular weight excluding hydrogens is 556 g/mol. The van der Waals surface area contributed by atoms with Gasteiger partial charge < -0.3 is 29.2 Å². The van der Waals surface area contributed by atoms with E-state index in [1.165, 1.54) is 10.6 Å². The molecule has 12 nitrogen and oxygen atoms in total. The first-order valence-electron chi connectivity index (χ1n) is 13.5. The van der Waals surface area contributed by atoms with E-state index in [1.807, 2.05) is 16.8 Å². The summed E-state index contributed by atoms with van der Waals surface area (Å²) in [5, 5.41) is 4.32. The van der Waals surface area contributed by atoms with Gasteiger partial charge in [0, 0.05) is 71.3 Å². The number of nitrogens with zero attached hydrogens (tertiary/aromatic N) is 8. The van der Waals surface area contributed by atoms with Gasteiger partial charge in [-0.15, -0.1) is 5.10 Å². The lowest BCUT2D eigenvalue weighted by molar-refractivity contribution is 0.181. The van der Waals surface area contributed by atoms with Crippen molar-refractivity contribution in [2.75, 3.05) is 73.4 Å². The number of halogens is 2. The van der Waals surface area contributed by atoms with Crippen molar-refractivity contribution in [3.63, 3.8) is 0 Å². The first kappa shape index (κ1) is 27.5. The normalized spacial score (nSPS) is 20.0. The monoisotopic (exact) mass is 587 g/mol. The summed E-state index contributed by atoms with van der Waals surface area (Å²) in [6.45, 7) is 3.93. The molecule has 0 spiro atoms. The van der Waals surface area contributed by atoms with Crippen LogP contribution in [0.5, 0.6) is 5.75 Å². The third-order valence-electron chi connectivity index (χ3n) is 7.40. The molecule has 2 saturated heterocycles. The lowest BCUT2D eigenvalue weighted by Gasteiger charge is -2.37. The molecule has 3 aromatic heterocycles. The van der Waals surface area contributed by atoms with Crippen molar-refractivity contribution in [3.05, 3.63) is 42.2 Å². The molecule has 0 unspecified atom stereocenters. The first-order chi connectivity index (χ1) is 19.8. The molecule has 4 aromatic rings. The molecule has 41 heavy (non-hydrogen) atoms. The average molecular weight is 588 g/mol. The standard InChI is InChI=1S/C26H31F2N9O3S/c1-34(25-31-24(29)37-26(32-25)30-23(33-37)21-3-2-12-39-21)6-7-35-8-10-36(11-9-35)20-16-22(19(28)15-18(20)27)40-17-4-13-41(38)14-5-17/h2-3,12,15-17H,4-11,13-14H2,1H3,(H2,29,30,31,32,33). The number of nitrogen functional groups attached to an aromatic ring is 1. The van der Waals surface area contributed by atoms with Crippen LogP contribution in [0.2, 0.25) is 0 Å². The minimum atomic E-state index is -0.839. The van der Waals surface area contributed by atoms with E-state index in [0.29, 0.717) is 86.1 Å². The Morgan fingerprint density at radius 3 is 2.63 bits per heavy atom. The Balaban J connectivity index is 1.05. The highest BCUT2D eigenvalue weighted by molar-refractivity contribution is 7.91. The number of likely N-dealkylation sites (N-methyl/N-ethyl adjacent to an activating group) is 1. The largest absolute Gasteiger partial charge is 0.616 e. The zero-order valence-corrected chi connectivity index (χ0v) is 23.4. The van der Waals surface area contributed by atoms with E-state index in [-0.39, 0.29) is 17.8 Å².